The molecule has 1 saturated heterocycles. The van der Waals surface area contributed by atoms with Crippen molar-refractivity contribution in [2.24, 2.45) is 0 Å². The number of carbonyl (C=O) groups is 1. The summed E-state index contributed by atoms with van der Waals surface area (Å²) in [5.74, 6) is -0.310. The number of anilines is 2. The summed E-state index contributed by atoms with van der Waals surface area (Å²) in [6.45, 7) is 10.2. The van der Waals surface area contributed by atoms with Crippen molar-refractivity contribution >= 4 is 28.1 Å². The topological polar surface area (TPSA) is 75.5 Å². The maximum Gasteiger partial charge on any atom is 0.338 e. The number of aromatic nitrogens is 3. The van der Waals surface area contributed by atoms with E-state index >= 15 is 0 Å². The standard InChI is InChI=1S/C22H28N6O2S/c1-3-26-11-13-27(14-12-26)21-24-25-22(31-21)28-10-6-9-19(28)16-23-18-8-5-7-17(15-18)20(29)30-4-2/h5-10,15,23H,3-4,11-14,16H2,1-2H3. The molecule has 0 radical (unpaired) electrons. The number of nitrogens with one attached hydrogen (secondary N) is 1. The van der Waals surface area contributed by atoms with Crippen LogP contribution in [-0.4, -0.2) is 65.0 Å². The largest absolute Gasteiger partial charge is 0.462 e. The third kappa shape index (κ3) is 5.05. The number of ether oxygens (including phenoxy) is 1. The van der Waals surface area contributed by atoms with Crippen LogP contribution in [0.5, 0.6) is 0 Å². The predicted molar refractivity (Wildman–Crippen MR) is 123 cm³/mol. The van der Waals surface area contributed by atoms with Crippen molar-refractivity contribution < 1.29 is 9.53 Å². The van der Waals surface area contributed by atoms with Gasteiger partial charge in [0.2, 0.25) is 10.3 Å². The number of benzene rings is 1. The molecule has 0 atom stereocenters. The highest BCUT2D eigenvalue weighted by atomic mass is 32.1. The van der Waals surface area contributed by atoms with Crippen LogP contribution in [-0.2, 0) is 11.3 Å². The third-order valence-electron chi connectivity index (χ3n) is 5.38. The highest BCUT2D eigenvalue weighted by Crippen LogP contribution is 2.26. The minimum Gasteiger partial charge on any atom is -0.462 e. The average Bonchev–Trinajstić information content (AvgIpc) is 3.47. The number of piperazine rings is 1. The molecular formula is C22H28N6O2S. The zero-order valence-electron chi connectivity index (χ0n) is 18.0. The summed E-state index contributed by atoms with van der Waals surface area (Å²) in [5, 5.41) is 14.1. The second kappa shape index (κ2) is 9.93. The summed E-state index contributed by atoms with van der Waals surface area (Å²) in [7, 11) is 0. The van der Waals surface area contributed by atoms with Gasteiger partial charge in [-0.15, -0.1) is 10.2 Å². The van der Waals surface area contributed by atoms with E-state index in [9.17, 15) is 4.79 Å². The molecular weight excluding hydrogens is 412 g/mol. The van der Waals surface area contributed by atoms with E-state index in [1.807, 2.05) is 30.5 Å². The van der Waals surface area contributed by atoms with Crippen molar-refractivity contribution in [1.82, 2.24) is 19.7 Å². The fourth-order valence-electron chi connectivity index (χ4n) is 3.60. The first kappa shape index (κ1) is 21.3. The van der Waals surface area contributed by atoms with E-state index in [2.05, 4.69) is 42.9 Å². The van der Waals surface area contributed by atoms with Crippen molar-refractivity contribution in [2.75, 3.05) is 49.5 Å². The van der Waals surface area contributed by atoms with Gasteiger partial charge in [0.05, 0.1) is 18.7 Å². The molecule has 1 aromatic carbocycles. The molecule has 9 heteroatoms. The van der Waals surface area contributed by atoms with Crippen LogP contribution in [0.3, 0.4) is 0 Å². The lowest BCUT2D eigenvalue weighted by Crippen LogP contribution is -2.46. The maximum absolute atomic E-state index is 12.0. The molecule has 3 heterocycles. The minimum absolute atomic E-state index is 0.310. The molecule has 4 rings (SSSR count). The Labute approximate surface area is 186 Å². The lowest BCUT2D eigenvalue weighted by atomic mass is 10.2. The Morgan fingerprint density at radius 3 is 2.68 bits per heavy atom. The van der Waals surface area contributed by atoms with Crippen molar-refractivity contribution in [3.8, 4) is 5.13 Å². The Kier molecular flexibility index (Phi) is 6.83. The van der Waals surface area contributed by atoms with Gasteiger partial charge in [0, 0.05) is 43.8 Å². The molecule has 164 valence electrons. The molecule has 31 heavy (non-hydrogen) atoms. The molecule has 2 aromatic heterocycles. The molecule has 3 aromatic rings. The second-order valence-corrected chi connectivity index (χ2v) is 8.25. The van der Waals surface area contributed by atoms with Crippen LogP contribution in [0.4, 0.5) is 10.8 Å². The summed E-state index contributed by atoms with van der Waals surface area (Å²) in [5.41, 5.74) is 2.48. The average molecular weight is 441 g/mol. The SMILES string of the molecule is CCOC(=O)c1cccc(NCc2cccn2-c2nnc(N3CCN(CC)CC3)s2)c1. The van der Waals surface area contributed by atoms with Crippen LogP contribution in [0, 0.1) is 0 Å². The fraction of sp³-hybridized carbons (Fsp3) is 0.409. The van der Waals surface area contributed by atoms with Crippen LogP contribution in [0.2, 0.25) is 0 Å². The first-order valence-electron chi connectivity index (χ1n) is 10.7. The number of rotatable bonds is 8. The van der Waals surface area contributed by atoms with Gasteiger partial charge in [-0.05, 0) is 43.8 Å². The maximum atomic E-state index is 12.0. The molecule has 1 aliphatic heterocycles. The van der Waals surface area contributed by atoms with Gasteiger partial charge in [-0.2, -0.15) is 0 Å². The Morgan fingerprint density at radius 1 is 1.10 bits per heavy atom. The van der Waals surface area contributed by atoms with Crippen LogP contribution in [0.25, 0.3) is 5.13 Å². The van der Waals surface area contributed by atoms with Crippen LogP contribution in [0.1, 0.15) is 29.9 Å². The van der Waals surface area contributed by atoms with E-state index < -0.39 is 0 Å². The number of likely N-dealkylation sites (N-methyl/N-ethyl adjacent to an activating group) is 1. The van der Waals surface area contributed by atoms with Gasteiger partial charge in [-0.25, -0.2) is 4.79 Å². The van der Waals surface area contributed by atoms with E-state index in [4.69, 9.17) is 4.74 Å². The zero-order valence-corrected chi connectivity index (χ0v) is 18.8. The van der Waals surface area contributed by atoms with Crippen LogP contribution < -0.4 is 10.2 Å². The number of carbonyl (C=O) groups excluding carboxylic acids is 1. The number of esters is 1. The number of hydrogen-bond donors (Lipinski definition) is 1. The molecule has 0 spiro atoms. The minimum atomic E-state index is -0.310. The van der Waals surface area contributed by atoms with E-state index in [-0.39, 0.29) is 5.97 Å². The lowest BCUT2D eigenvalue weighted by Gasteiger charge is -2.33. The normalized spacial score (nSPS) is 14.6. The van der Waals surface area contributed by atoms with E-state index in [1.165, 1.54) is 0 Å². The smallest absolute Gasteiger partial charge is 0.338 e. The first-order valence-corrected chi connectivity index (χ1v) is 11.5. The van der Waals surface area contributed by atoms with E-state index in [0.29, 0.717) is 18.7 Å². The van der Waals surface area contributed by atoms with Gasteiger partial charge >= 0.3 is 5.97 Å². The number of nitrogens with zero attached hydrogens (tertiary/aromatic N) is 5. The van der Waals surface area contributed by atoms with Gasteiger partial charge in [0.25, 0.3) is 0 Å². The molecule has 1 N–H and O–H groups in total. The van der Waals surface area contributed by atoms with Gasteiger partial charge in [0.15, 0.2) is 0 Å². The summed E-state index contributed by atoms with van der Waals surface area (Å²) in [6.07, 6.45) is 2.01. The lowest BCUT2D eigenvalue weighted by molar-refractivity contribution is 0.0526. The van der Waals surface area contributed by atoms with Crippen LogP contribution in [0.15, 0.2) is 42.6 Å². The highest BCUT2D eigenvalue weighted by molar-refractivity contribution is 7.17. The van der Waals surface area contributed by atoms with Gasteiger partial charge < -0.3 is 19.9 Å². The fourth-order valence-corrected chi connectivity index (χ4v) is 4.51. The number of hydrogen-bond acceptors (Lipinski definition) is 8. The monoisotopic (exact) mass is 440 g/mol. The summed E-state index contributed by atoms with van der Waals surface area (Å²) in [6, 6.07) is 11.4. The highest BCUT2D eigenvalue weighted by Gasteiger charge is 2.20. The van der Waals surface area contributed by atoms with E-state index in [1.54, 1.807) is 24.3 Å². The summed E-state index contributed by atoms with van der Waals surface area (Å²) in [4.78, 5) is 16.7. The van der Waals surface area contributed by atoms with Crippen molar-refractivity contribution in [2.45, 2.75) is 20.4 Å². The Bertz CT molecular complexity index is 1010. The summed E-state index contributed by atoms with van der Waals surface area (Å²) >= 11 is 1.61. The Balaban J connectivity index is 1.42. The molecule has 8 nitrogen and oxygen atoms in total. The molecule has 0 aliphatic carbocycles. The molecule has 1 aliphatic rings. The second-order valence-electron chi connectivity index (χ2n) is 7.31. The third-order valence-corrected chi connectivity index (χ3v) is 6.36. The molecule has 1 fully saturated rings. The van der Waals surface area contributed by atoms with Crippen LogP contribution >= 0.6 is 11.3 Å². The van der Waals surface area contributed by atoms with E-state index in [0.717, 1.165) is 54.4 Å². The quantitative estimate of drug-likeness (QED) is 0.539. The van der Waals surface area contributed by atoms with Gasteiger partial charge in [0.1, 0.15) is 0 Å². The molecule has 0 saturated carbocycles. The van der Waals surface area contributed by atoms with Gasteiger partial charge in [-0.3, -0.25) is 4.57 Å². The van der Waals surface area contributed by atoms with Crippen molar-refractivity contribution in [1.29, 1.82) is 0 Å². The first-order chi connectivity index (χ1) is 15.2. The molecule has 0 bridgehead atoms. The molecule has 0 amide bonds. The zero-order chi connectivity index (χ0) is 21.6. The van der Waals surface area contributed by atoms with Crippen molar-refractivity contribution in [3.63, 3.8) is 0 Å². The summed E-state index contributed by atoms with van der Waals surface area (Å²) < 4.78 is 7.14. The Hall–Kier alpha value is -2.91. The van der Waals surface area contributed by atoms with Gasteiger partial charge in [-0.1, -0.05) is 24.3 Å². The predicted octanol–water partition coefficient (Wildman–Crippen LogP) is 3.26. The Morgan fingerprint density at radius 2 is 1.90 bits per heavy atom. The van der Waals surface area contributed by atoms with Crippen molar-refractivity contribution in [3.05, 3.63) is 53.9 Å². The molecule has 0 unspecified atom stereocenters.